The van der Waals surface area contributed by atoms with Gasteiger partial charge < -0.3 is 10.5 Å². The topological polar surface area (TPSA) is 48.1 Å². The van der Waals surface area contributed by atoms with Gasteiger partial charge in [0.05, 0.1) is 12.3 Å². The summed E-state index contributed by atoms with van der Waals surface area (Å²) < 4.78 is 5.53. The zero-order valence-electron chi connectivity index (χ0n) is 11.8. The third kappa shape index (κ3) is 2.68. The van der Waals surface area contributed by atoms with E-state index in [1.165, 1.54) is 16.7 Å². The first-order valence-corrected chi connectivity index (χ1v) is 7.16. The molecule has 1 atom stereocenters. The molecule has 0 amide bonds. The molecule has 0 saturated heterocycles. The predicted octanol–water partition coefficient (Wildman–Crippen LogP) is 2.96. The Morgan fingerprint density at radius 1 is 1.35 bits per heavy atom. The molecule has 1 aliphatic heterocycles. The second kappa shape index (κ2) is 5.63. The molecular weight excluding hydrogens is 248 g/mol. The van der Waals surface area contributed by atoms with Crippen molar-refractivity contribution in [3.05, 3.63) is 58.9 Å². The van der Waals surface area contributed by atoms with Gasteiger partial charge in [0.2, 0.25) is 0 Å². The van der Waals surface area contributed by atoms with E-state index in [9.17, 15) is 0 Å². The van der Waals surface area contributed by atoms with Gasteiger partial charge in [0, 0.05) is 18.7 Å². The van der Waals surface area contributed by atoms with Crippen molar-refractivity contribution in [3.8, 4) is 5.75 Å². The molecule has 1 aromatic carbocycles. The summed E-state index contributed by atoms with van der Waals surface area (Å²) in [5.41, 5.74) is 11.1. The fourth-order valence-corrected chi connectivity index (χ4v) is 2.74. The minimum absolute atomic E-state index is 0.000652. The zero-order valence-corrected chi connectivity index (χ0v) is 11.8. The molecule has 0 fully saturated rings. The highest BCUT2D eigenvalue weighted by molar-refractivity contribution is 5.39. The lowest BCUT2D eigenvalue weighted by Gasteiger charge is -2.13. The lowest BCUT2D eigenvalue weighted by molar-refractivity contribution is 0.357. The van der Waals surface area contributed by atoms with E-state index < -0.39 is 0 Å². The third-order valence-electron chi connectivity index (χ3n) is 3.90. The molecule has 2 heterocycles. The second-order valence-corrected chi connectivity index (χ2v) is 5.39. The minimum atomic E-state index is 0.000652. The van der Waals surface area contributed by atoms with Crippen LogP contribution in [0.25, 0.3) is 0 Å². The Kier molecular flexibility index (Phi) is 3.70. The molecule has 2 N–H and O–H groups in total. The van der Waals surface area contributed by atoms with Gasteiger partial charge in [-0.15, -0.1) is 0 Å². The summed E-state index contributed by atoms with van der Waals surface area (Å²) in [6.45, 7) is 2.88. The number of aromatic nitrogens is 1. The van der Waals surface area contributed by atoms with E-state index in [1.54, 1.807) is 0 Å². The molecule has 2 aromatic rings. The van der Waals surface area contributed by atoms with E-state index in [1.807, 2.05) is 12.3 Å². The summed E-state index contributed by atoms with van der Waals surface area (Å²) in [6, 6.07) is 10.5. The number of benzene rings is 1. The van der Waals surface area contributed by atoms with Gasteiger partial charge in [-0.2, -0.15) is 0 Å². The van der Waals surface area contributed by atoms with Crippen LogP contribution in [0.15, 0.2) is 36.5 Å². The van der Waals surface area contributed by atoms with Gasteiger partial charge in [-0.1, -0.05) is 18.2 Å². The van der Waals surface area contributed by atoms with Crippen LogP contribution in [0, 0.1) is 6.92 Å². The van der Waals surface area contributed by atoms with Crippen molar-refractivity contribution >= 4 is 0 Å². The molecule has 0 bridgehead atoms. The molecule has 3 nitrogen and oxygen atoms in total. The van der Waals surface area contributed by atoms with Crippen molar-refractivity contribution in [2.24, 2.45) is 5.73 Å². The van der Waals surface area contributed by atoms with Crippen LogP contribution >= 0.6 is 0 Å². The van der Waals surface area contributed by atoms with Crippen LogP contribution in [0.3, 0.4) is 0 Å². The number of ether oxygens (including phenoxy) is 1. The standard InChI is InChI=1S/C17H20N2O/c1-12-3-2-9-19-17(12)15(18)6-4-13-5-7-16-14(11-13)8-10-20-16/h2-3,5,7,9,11,15H,4,6,8,10,18H2,1H3. The number of hydrogen-bond donors (Lipinski definition) is 1. The van der Waals surface area contributed by atoms with Crippen LogP contribution in [-0.4, -0.2) is 11.6 Å². The highest BCUT2D eigenvalue weighted by Crippen LogP contribution is 2.27. The van der Waals surface area contributed by atoms with E-state index in [0.717, 1.165) is 37.3 Å². The molecule has 1 aromatic heterocycles. The molecule has 3 heteroatoms. The Labute approximate surface area is 119 Å². The van der Waals surface area contributed by atoms with Crippen molar-refractivity contribution in [1.29, 1.82) is 0 Å². The predicted molar refractivity (Wildman–Crippen MR) is 79.9 cm³/mol. The second-order valence-electron chi connectivity index (χ2n) is 5.39. The van der Waals surface area contributed by atoms with Gasteiger partial charge in [-0.05, 0) is 48.6 Å². The molecule has 0 aliphatic carbocycles. The quantitative estimate of drug-likeness (QED) is 0.927. The van der Waals surface area contributed by atoms with Crippen LogP contribution in [0.2, 0.25) is 0 Å². The van der Waals surface area contributed by atoms with Crippen molar-refractivity contribution < 1.29 is 4.74 Å². The highest BCUT2D eigenvalue weighted by Gasteiger charge is 2.14. The number of nitrogens with two attached hydrogens (primary N) is 1. The van der Waals surface area contributed by atoms with Crippen molar-refractivity contribution in [1.82, 2.24) is 4.98 Å². The van der Waals surface area contributed by atoms with Crippen LogP contribution in [0.5, 0.6) is 5.75 Å². The minimum Gasteiger partial charge on any atom is -0.493 e. The summed E-state index contributed by atoms with van der Waals surface area (Å²) in [6.07, 6.45) is 4.73. The molecule has 1 aliphatic rings. The highest BCUT2D eigenvalue weighted by atomic mass is 16.5. The van der Waals surface area contributed by atoms with Crippen LogP contribution in [0.4, 0.5) is 0 Å². The van der Waals surface area contributed by atoms with Gasteiger partial charge in [-0.3, -0.25) is 4.98 Å². The van der Waals surface area contributed by atoms with E-state index in [0.29, 0.717) is 0 Å². The SMILES string of the molecule is Cc1cccnc1C(N)CCc1ccc2c(c1)CCO2. The van der Waals surface area contributed by atoms with Crippen LogP contribution in [-0.2, 0) is 12.8 Å². The van der Waals surface area contributed by atoms with Gasteiger partial charge in [0.15, 0.2) is 0 Å². The summed E-state index contributed by atoms with van der Waals surface area (Å²) in [5.74, 6) is 1.04. The summed E-state index contributed by atoms with van der Waals surface area (Å²) in [5, 5.41) is 0. The first kappa shape index (κ1) is 13.1. The van der Waals surface area contributed by atoms with E-state index >= 15 is 0 Å². The van der Waals surface area contributed by atoms with Crippen molar-refractivity contribution in [3.63, 3.8) is 0 Å². The van der Waals surface area contributed by atoms with Gasteiger partial charge in [-0.25, -0.2) is 0 Å². The molecule has 3 rings (SSSR count). The number of hydrogen-bond acceptors (Lipinski definition) is 3. The number of pyridine rings is 1. The molecular formula is C17H20N2O. The molecule has 0 saturated carbocycles. The first-order chi connectivity index (χ1) is 9.74. The van der Waals surface area contributed by atoms with Crippen LogP contribution in [0.1, 0.15) is 34.8 Å². The lowest BCUT2D eigenvalue weighted by Crippen LogP contribution is -2.14. The maximum Gasteiger partial charge on any atom is 0.122 e. The monoisotopic (exact) mass is 268 g/mol. The first-order valence-electron chi connectivity index (χ1n) is 7.16. The molecule has 1 unspecified atom stereocenters. The van der Waals surface area contributed by atoms with E-state index in [2.05, 4.69) is 36.2 Å². The molecule has 20 heavy (non-hydrogen) atoms. The largest absolute Gasteiger partial charge is 0.493 e. The van der Waals surface area contributed by atoms with E-state index in [4.69, 9.17) is 10.5 Å². The van der Waals surface area contributed by atoms with Gasteiger partial charge in [0.1, 0.15) is 5.75 Å². The van der Waals surface area contributed by atoms with Crippen molar-refractivity contribution in [2.45, 2.75) is 32.2 Å². The zero-order chi connectivity index (χ0) is 13.9. The Morgan fingerprint density at radius 2 is 2.25 bits per heavy atom. The Bertz CT molecular complexity index is 610. The summed E-state index contributed by atoms with van der Waals surface area (Å²) >= 11 is 0. The van der Waals surface area contributed by atoms with Crippen LogP contribution < -0.4 is 10.5 Å². The smallest absolute Gasteiger partial charge is 0.122 e. The maximum atomic E-state index is 6.27. The lowest BCUT2D eigenvalue weighted by atomic mass is 9.99. The maximum absolute atomic E-state index is 6.27. The average Bonchev–Trinajstić information content (AvgIpc) is 2.92. The fourth-order valence-electron chi connectivity index (χ4n) is 2.74. The fraction of sp³-hybridized carbons (Fsp3) is 0.353. The third-order valence-corrected chi connectivity index (χ3v) is 3.90. The normalized spacial score (nSPS) is 14.7. The van der Waals surface area contributed by atoms with Gasteiger partial charge in [0.25, 0.3) is 0 Å². The average molecular weight is 268 g/mol. The molecule has 0 radical (unpaired) electrons. The summed E-state index contributed by atoms with van der Waals surface area (Å²) in [7, 11) is 0. The Hall–Kier alpha value is -1.87. The Balaban J connectivity index is 1.66. The Morgan fingerprint density at radius 3 is 3.10 bits per heavy atom. The van der Waals surface area contributed by atoms with Crippen molar-refractivity contribution in [2.75, 3.05) is 6.61 Å². The van der Waals surface area contributed by atoms with Gasteiger partial charge >= 0.3 is 0 Å². The number of nitrogens with zero attached hydrogens (tertiary/aromatic N) is 1. The summed E-state index contributed by atoms with van der Waals surface area (Å²) in [4.78, 5) is 4.40. The number of fused-ring (bicyclic) bond motifs is 1. The number of aryl methyl sites for hydroxylation is 2. The number of rotatable bonds is 4. The van der Waals surface area contributed by atoms with E-state index in [-0.39, 0.29) is 6.04 Å². The molecule has 104 valence electrons. The molecule has 0 spiro atoms.